The zero-order valence-corrected chi connectivity index (χ0v) is 28.4. The van der Waals surface area contributed by atoms with E-state index in [1.54, 1.807) is 29.2 Å². The third kappa shape index (κ3) is 9.28. The molecule has 0 aliphatic carbocycles. The summed E-state index contributed by atoms with van der Waals surface area (Å²) < 4.78 is 11.3. The van der Waals surface area contributed by atoms with E-state index in [1.165, 1.54) is 0 Å². The molecule has 1 aromatic heterocycles. The summed E-state index contributed by atoms with van der Waals surface area (Å²) in [5, 5.41) is 6.98. The summed E-state index contributed by atoms with van der Waals surface area (Å²) in [5.41, 5.74) is 0.218. The van der Waals surface area contributed by atoms with Crippen molar-refractivity contribution in [2.45, 2.75) is 98.8 Å². The highest BCUT2D eigenvalue weighted by molar-refractivity contribution is 6.00. The Morgan fingerprint density at radius 2 is 1.71 bits per heavy atom. The maximum absolute atomic E-state index is 14.0. The van der Waals surface area contributed by atoms with Gasteiger partial charge in [0, 0.05) is 44.7 Å². The molecule has 2 fully saturated rings. The Kier molecular flexibility index (Phi) is 10.9. The zero-order valence-electron chi connectivity index (χ0n) is 28.4. The third-order valence-corrected chi connectivity index (χ3v) is 8.11. The van der Waals surface area contributed by atoms with E-state index < -0.39 is 18.0 Å². The number of nitrogens with zero attached hydrogens (tertiary/aromatic N) is 5. The van der Waals surface area contributed by atoms with E-state index in [1.807, 2.05) is 39.5 Å². The summed E-state index contributed by atoms with van der Waals surface area (Å²) in [5.74, 6) is 0.776. The highest BCUT2D eigenvalue weighted by atomic mass is 16.5. The molecule has 0 bridgehead atoms. The first kappa shape index (κ1) is 34.4. The Hall–Kier alpha value is -3.47. The van der Waals surface area contributed by atoms with Gasteiger partial charge in [-0.25, -0.2) is 0 Å². The molecular weight excluding hydrogens is 572 g/mol. The molecule has 2 aliphatic rings. The summed E-state index contributed by atoms with van der Waals surface area (Å²) in [6.45, 7) is 21.2. The second-order valence-electron chi connectivity index (χ2n) is 15.1. The lowest BCUT2D eigenvalue weighted by Gasteiger charge is -2.39. The van der Waals surface area contributed by atoms with Crippen molar-refractivity contribution in [1.82, 2.24) is 30.2 Å². The number of likely N-dealkylation sites (tertiary alicyclic amines) is 1. The molecule has 3 amide bonds. The second-order valence-corrected chi connectivity index (χ2v) is 15.1. The maximum Gasteiger partial charge on any atom is 0.255 e. The minimum Gasteiger partial charge on any atom is -0.485 e. The number of ether oxygens (including phenoxy) is 1. The van der Waals surface area contributed by atoms with Crippen molar-refractivity contribution in [3.05, 3.63) is 41.5 Å². The van der Waals surface area contributed by atoms with Gasteiger partial charge in [0.2, 0.25) is 23.5 Å². The fourth-order valence-electron chi connectivity index (χ4n) is 5.96. The molecule has 1 aromatic carbocycles. The molecule has 11 nitrogen and oxygen atoms in total. The minimum absolute atomic E-state index is 0.0145. The maximum atomic E-state index is 14.0. The smallest absolute Gasteiger partial charge is 0.255 e. The number of amides is 3. The normalized spacial score (nSPS) is 18.7. The van der Waals surface area contributed by atoms with E-state index in [4.69, 9.17) is 9.26 Å². The zero-order chi connectivity index (χ0) is 32.9. The number of rotatable bonds is 10. The van der Waals surface area contributed by atoms with Gasteiger partial charge in [-0.2, -0.15) is 4.98 Å². The number of hydrogen-bond donors (Lipinski definition) is 1. The molecule has 0 spiro atoms. The van der Waals surface area contributed by atoms with Crippen LogP contribution >= 0.6 is 0 Å². The van der Waals surface area contributed by atoms with E-state index in [9.17, 15) is 14.4 Å². The monoisotopic (exact) mass is 624 g/mol. The van der Waals surface area contributed by atoms with Crippen LogP contribution in [0.25, 0.3) is 0 Å². The Labute approximate surface area is 268 Å². The molecule has 2 atom stereocenters. The van der Waals surface area contributed by atoms with Crippen LogP contribution < -0.4 is 10.1 Å². The van der Waals surface area contributed by atoms with Crippen LogP contribution in [0, 0.1) is 11.3 Å². The lowest BCUT2D eigenvalue weighted by Crippen LogP contribution is -2.57. The van der Waals surface area contributed by atoms with Crippen LogP contribution in [0.5, 0.6) is 5.75 Å². The molecule has 248 valence electrons. The molecule has 0 saturated carbocycles. The van der Waals surface area contributed by atoms with Crippen LogP contribution in [-0.4, -0.2) is 93.9 Å². The first-order chi connectivity index (χ1) is 21.1. The third-order valence-electron chi connectivity index (χ3n) is 8.11. The standard InChI is InChI=1S/C34H52N6O5/c1-23(2)20-25(30(42)40-15-11-13-26(40)31(43)39-18-16-38(17-19-39)22-33(3,4)5)35-29(41)24-12-9-10-14-27(24)44-21-28-36-32(45-37-28)34(6,7)8/h9-10,12,14,23,25-26H,11,13,15-22H2,1-8H3,(H,35,41)/t25-,26-/m1/s1. The number of para-hydroxylation sites is 1. The van der Waals surface area contributed by atoms with Gasteiger partial charge in [-0.1, -0.05) is 72.7 Å². The van der Waals surface area contributed by atoms with Crippen molar-refractivity contribution in [2.75, 3.05) is 39.3 Å². The summed E-state index contributed by atoms with van der Waals surface area (Å²) in [7, 11) is 0. The van der Waals surface area contributed by atoms with Crippen molar-refractivity contribution >= 4 is 17.7 Å². The van der Waals surface area contributed by atoms with Crippen LogP contribution in [0.2, 0.25) is 0 Å². The summed E-state index contributed by atoms with van der Waals surface area (Å²) in [6.07, 6.45) is 1.85. The lowest BCUT2D eigenvalue weighted by molar-refractivity contribution is -0.146. The summed E-state index contributed by atoms with van der Waals surface area (Å²) >= 11 is 0. The largest absolute Gasteiger partial charge is 0.485 e. The Bertz CT molecular complexity index is 1320. The van der Waals surface area contributed by atoms with Gasteiger partial charge in [0.15, 0.2) is 6.61 Å². The van der Waals surface area contributed by atoms with Gasteiger partial charge in [0.05, 0.1) is 5.56 Å². The minimum atomic E-state index is -0.769. The van der Waals surface area contributed by atoms with Crippen LogP contribution in [0.3, 0.4) is 0 Å². The molecule has 4 rings (SSSR count). The highest BCUT2D eigenvalue weighted by Crippen LogP contribution is 2.25. The average Bonchev–Trinajstić information content (AvgIpc) is 3.65. The van der Waals surface area contributed by atoms with E-state index in [0.29, 0.717) is 55.5 Å². The second kappa shape index (κ2) is 14.3. The highest BCUT2D eigenvalue weighted by Gasteiger charge is 2.40. The number of carbonyl (C=O) groups is 3. The number of benzene rings is 1. The Morgan fingerprint density at radius 3 is 2.33 bits per heavy atom. The van der Waals surface area contributed by atoms with E-state index in [0.717, 1.165) is 26.1 Å². The van der Waals surface area contributed by atoms with Crippen LogP contribution in [0.15, 0.2) is 28.8 Å². The number of carbonyl (C=O) groups excluding carboxylic acids is 3. The number of piperazine rings is 1. The Balaban J connectivity index is 1.42. The van der Waals surface area contributed by atoms with Crippen LogP contribution in [-0.2, 0) is 21.6 Å². The lowest BCUT2D eigenvalue weighted by atomic mass is 9.96. The van der Waals surface area contributed by atoms with Gasteiger partial charge >= 0.3 is 0 Å². The molecule has 11 heteroatoms. The molecule has 1 N–H and O–H groups in total. The van der Waals surface area contributed by atoms with Crippen molar-refractivity contribution in [3.63, 3.8) is 0 Å². The molecule has 2 aliphatic heterocycles. The number of hydrogen-bond acceptors (Lipinski definition) is 8. The van der Waals surface area contributed by atoms with Gasteiger partial charge in [-0.05, 0) is 42.7 Å². The molecule has 0 unspecified atom stereocenters. The predicted molar refractivity (Wildman–Crippen MR) is 172 cm³/mol. The van der Waals surface area contributed by atoms with Crippen molar-refractivity contribution in [3.8, 4) is 5.75 Å². The number of aromatic nitrogens is 2. The van der Waals surface area contributed by atoms with Crippen molar-refractivity contribution in [2.24, 2.45) is 11.3 Å². The van der Waals surface area contributed by atoms with Gasteiger partial charge < -0.3 is 24.4 Å². The van der Waals surface area contributed by atoms with Gasteiger partial charge in [-0.3, -0.25) is 19.3 Å². The van der Waals surface area contributed by atoms with Crippen LogP contribution in [0.4, 0.5) is 0 Å². The average molecular weight is 625 g/mol. The van der Waals surface area contributed by atoms with Gasteiger partial charge in [0.1, 0.15) is 17.8 Å². The molecule has 3 heterocycles. The van der Waals surface area contributed by atoms with Gasteiger partial charge in [-0.15, -0.1) is 0 Å². The molecule has 0 radical (unpaired) electrons. The van der Waals surface area contributed by atoms with E-state index >= 15 is 0 Å². The predicted octanol–water partition coefficient (Wildman–Crippen LogP) is 4.27. The first-order valence-electron chi connectivity index (χ1n) is 16.3. The quantitative estimate of drug-likeness (QED) is 0.416. The topological polar surface area (TPSA) is 121 Å². The van der Waals surface area contributed by atoms with Crippen LogP contribution in [0.1, 0.15) is 96.7 Å². The van der Waals surface area contributed by atoms with Crippen molar-refractivity contribution in [1.29, 1.82) is 0 Å². The Morgan fingerprint density at radius 1 is 1.02 bits per heavy atom. The van der Waals surface area contributed by atoms with E-state index in [-0.39, 0.29) is 35.2 Å². The van der Waals surface area contributed by atoms with Gasteiger partial charge in [0.25, 0.3) is 5.91 Å². The van der Waals surface area contributed by atoms with Crippen molar-refractivity contribution < 1.29 is 23.6 Å². The SMILES string of the molecule is CC(C)C[C@@H](NC(=O)c1ccccc1OCc1noc(C(C)(C)C)n1)C(=O)N1CCC[C@@H]1C(=O)N1CCN(CC(C)(C)C)CC1. The number of nitrogens with one attached hydrogen (secondary N) is 1. The summed E-state index contributed by atoms with van der Waals surface area (Å²) in [4.78, 5) is 51.7. The molecular formula is C34H52N6O5. The molecule has 45 heavy (non-hydrogen) atoms. The summed E-state index contributed by atoms with van der Waals surface area (Å²) in [6, 6.07) is 5.64. The molecule has 2 aromatic rings. The fourth-order valence-corrected chi connectivity index (χ4v) is 5.96. The first-order valence-corrected chi connectivity index (χ1v) is 16.3. The van der Waals surface area contributed by atoms with E-state index in [2.05, 4.69) is 41.1 Å². The molecule has 2 saturated heterocycles. The fraction of sp³-hybridized carbons (Fsp3) is 0.676.